The first kappa shape index (κ1) is 20.2. The van der Waals surface area contributed by atoms with Gasteiger partial charge in [0, 0.05) is 36.4 Å². The Kier molecular flexibility index (Phi) is 6.93. The molecule has 28 heavy (non-hydrogen) atoms. The van der Waals surface area contributed by atoms with Gasteiger partial charge in [0.05, 0.1) is 12.5 Å². The number of nitrogens with zero attached hydrogens (tertiary/aromatic N) is 1. The zero-order valence-corrected chi connectivity index (χ0v) is 16.8. The van der Waals surface area contributed by atoms with Gasteiger partial charge in [-0.25, -0.2) is 0 Å². The number of carbonyl (C=O) groups excluding carboxylic acids is 2. The first-order chi connectivity index (χ1) is 13.5. The number of hydrogen-bond donors (Lipinski definition) is 2. The van der Waals surface area contributed by atoms with E-state index in [0.717, 1.165) is 30.0 Å². The van der Waals surface area contributed by atoms with Crippen molar-refractivity contribution < 1.29 is 9.59 Å². The molecule has 3 rings (SSSR count). The van der Waals surface area contributed by atoms with E-state index in [2.05, 4.69) is 21.6 Å². The fourth-order valence-electron chi connectivity index (χ4n) is 3.52. The minimum atomic E-state index is -0.403. The van der Waals surface area contributed by atoms with Crippen molar-refractivity contribution in [2.45, 2.75) is 38.6 Å². The molecular weight excluding hydrogens is 374 g/mol. The summed E-state index contributed by atoms with van der Waals surface area (Å²) in [5, 5.41) is 6.42. The molecule has 1 atom stereocenters. The van der Waals surface area contributed by atoms with E-state index in [4.69, 9.17) is 11.6 Å². The highest BCUT2D eigenvalue weighted by Gasteiger charge is 2.18. The molecule has 0 aliphatic carbocycles. The highest BCUT2D eigenvalue weighted by Crippen LogP contribution is 2.24. The Bertz CT molecular complexity index is 817. The third-order valence-electron chi connectivity index (χ3n) is 4.89. The lowest BCUT2D eigenvalue weighted by Crippen LogP contribution is -2.30. The molecule has 0 saturated carbocycles. The standard InChI is InChI=1S/C22H26ClN3O2/c1-16(27)24-21(17-8-10-18(23)11-9-17)15-22(28)25-19-6-5-7-20(14-19)26-12-3-2-4-13-26/h5-11,14,21H,2-4,12-13,15H2,1H3,(H,24,27)(H,25,28). The Balaban J connectivity index is 1.67. The first-order valence-corrected chi connectivity index (χ1v) is 10.1. The molecule has 0 spiro atoms. The van der Waals surface area contributed by atoms with Gasteiger partial charge in [-0.2, -0.15) is 0 Å². The van der Waals surface area contributed by atoms with Crippen molar-refractivity contribution in [1.29, 1.82) is 0 Å². The second-order valence-corrected chi connectivity index (χ2v) is 7.59. The predicted molar refractivity (Wildman–Crippen MR) is 114 cm³/mol. The lowest BCUT2D eigenvalue weighted by atomic mass is 10.0. The van der Waals surface area contributed by atoms with Crippen LogP contribution in [0.2, 0.25) is 5.02 Å². The molecule has 148 valence electrons. The maximum atomic E-state index is 12.6. The van der Waals surface area contributed by atoms with Crippen LogP contribution in [0.25, 0.3) is 0 Å². The molecule has 1 fully saturated rings. The van der Waals surface area contributed by atoms with Crippen molar-refractivity contribution in [3.63, 3.8) is 0 Å². The van der Waals surface area contributed by atoms with Crippen molar-refractivity contribution >= 4 is 34.8 Å². The van der Waals surface area contributed by atoms with Gasteiger partial charge >= 0.3 is 0 Å². The lowest BCUT2D eigenvalue weighted by Gasteiger charge is -2.29. The number of rotatable bonds is 6. The minimum absolute atomic E-state index is 0.148. The molecule has 2 aromatic rings. The van der Waals surface area contributed by atoms with E-state index in [1.807, 2.05) is 30.3 Å². The summed E-state index contributed by atoms with van der Waals surface area (Å²) >= 11 is 5.94. The summed E-state index contributed by atoms with van der Waals surface area (Å²) < 4.78 is 0. The molecule has 2 N–H and O–H groups in total. The van der Waals surface area contributed by atoms with Gasteiger partial charge in [0.25, 0.3) is 0 Å². The molecule has 5 nitrogen and oxygen atoms in total. The zero-order chi connectivity index (χ0) is 19.9. The van der Waals surface area contributed by atoms with Crippen molar-refractivity contribution in [2.24, 2.45) is 0 Å². The number of piperidine rings is 1. The maximum absolute atomic E-state index is 12.6. The molecule has 1 unspecified atom stereocenters. The van der Waals surface area contributed by atoms with E-state index in [1.165, 1.54) is 26.2 Å². The third kappa shape index (κ3) is 5.73. The largest absolute Gasteiger partial charge is 0.371 e. The Morgan fingerprint density at radius 1 is 1.07 bits per heavy atom. The number of amides is 2. The summed E-state index contributed by atoms with van der Waals surface area (Å²) in [5.41, 5.74) is 2.75. The molecule has 1 aliphatic rings. The number of anilines is 2. The monoisotopic (exact) mass is 399 g/mol. The molecule has 2 amide bonds. The number of hydrogen-bond acceptors (Lipinski definition) is 3. The molecule has 1 heterocycles. The van der Waals surface area contributed by atoms with Crippen molar-refractivity contribution in [3.8, 4) is 0 Å². The van der Waals surface area contributed by atoms with Gasteiger partial charge in [0.15, 0.2) is 0 Å². The highest BCUT2D eigenvalue weighted by molar-refractivity contribution is 6.30. The van der Waals surface area contributed by atoms with Crippen molar-refractivity contribution in [1.82, 2.24) is 5.32 Å². The Morgan fingerprint density at radius 3 is 2.46 bits per heavy atom. The van der Waals surface area contributed by atoms with E-state index in [-0.39, 0.29) is 18.2 Å². The fourth-order valence-corrected chi connectivity index (χ4v) is 3.65. The topological polar surface area (TPSA) is 61.4 Å². The van der Waals surface area contributed by atoms with E-state index in [1.54, 1.807) is 12.1 Å². The van der Waals surface area contributed by atoms with Crippen LogP contribution in [0.15, 0.2) is 48.5 Å². The third-order valence-corrected chi connectivity index (χ3v) is 5.14. The Hall–Kier alpha value is -2.53. The Morgan fingerprint density at radius 2 is 1.79 bits per heavy atom. The van der Waals surface area contributed by atoms with Crippen LogP contribution in [0.1, 0.15) is 44.2 Å². The second-order valence-electron chi connectivity index (χ2n) is 7.15. The fraction of sp³-hybridized carbons (Fsp3) is 0.364. The number of carbonyl (C=O) groups is 2. The summed E-state index contributed by atoms with van der Waals surface area (Å²) in [6.07, 6.45) is 3.84. The van der Waals surface area contributed by atoms with Crippen LogP contribution in [0, 0.1) is 0 Å². The summed E-state index contributed by atoms with van der Waals surface area (Å²) in [6.45, 7) is 3.56. The highest BCUT2D eigenvalue weighted by atomic mass is 35.5. The molecule has 1 saturated heterocycles. The van der Waals surface area contributed by atoms with Crippen molar-refractivity contribution in [3.05, 3.63) is 59.1 Å². The molecule has 2 aromatic carbocycles. The summed E-state index contributed by atoms with van der Waals surface area (Å²) in [6, 6.07) is 14.7. The van der Waals surface area contributed by atoms with Gasteiger partial charge in [-0.3, -0.25) is 9.59 Å². The predicted octanol–water partition coefficient (Wildman–Crippen LogP) is 4.54. The average molecular weight is 400 g/mol. The van der Waals surface area contributed by atoms with Crippen LogP contribution in [0.4, 0.5) is 11.4 Å². The smallest absolute Gasteiger partial charge is 0.226 e. The molecule has 1 aliphatic heterocycles. The number of halogens is 1. The van der Waals surface area contributed by atoms with E-state index < -0.39 is 6.04 Å². The van der Waals surface area contributed by atoms with E-state index >= 15 is 0 Å². The first-order valence-electron chi connectivity index (χ1n) is 9.69. The van der Waals surface area contributed by atoms with Crippen LogP contribution in [0.5, 0.6) is 0 Å². The quantitative estimate of drug-likeness (QED) is 0.749. The minimum Gasteiger partial charge on any atom is -0.371 e. The number of nitrogens with one attached hydrogen (secondary N) is 2. The summed E-state index contributed by atoms with van der Waals surface area (Å²) in [4.78, 5) is 26.6. The Labute approximate surface area is 171 Å². The van der Waals surface area contributed by atoms with Gasteiger partial charge in [0.1, 0.15) is 0 Å². The van der Waals surface area contributed by atoms with Gasteiger partial charge in [0.2, 0.25) is 11.8 Å². The summed E-state index contributed by atoms with van der Waals surface area (Å²) in [7, 11) is 0. The van der Waals surface area contributed by atoms with Crippen LogP contribution >= 0.6 is 11.6 Å². The molecule has 0 aromatic heterocycles. The lowest BCUT2D eigenvalue weighted by molar-refractivity contribution is -0.120. The van der Waals surface area contributed by atoms with Crippen molar-refractivity contribution in [2.75, 3.05) is 23.3 Å². The SMILES string of the molecule is CC(=O)NC(CC(=O)Nc1cccc(N2CCCCC2)c1)c1ccc(Cl)cc1. The molecular formula is C22H26ClN3O2. The van der Waals surface area contributed by atoms with Crippen LogP contribution in [-0.4, -0.2) is 24.9 Å². The van der Waals surface area contributed by atoms with E-state index in [9.17, 15) is 9.59 Å². The maximum Gasteiger partial charge on any atom is 0.226 e. The van der Waals surface area contributed by atoms with E-state index in [0.29, 0.717) is 5.02 Å². The van der Waals surface area contributed by atoms with Gasteiger partial charge in [-0.1, -0.05) is 29.8 Å². The van der Waals surface area contributed by atoms with Crippen LogP contribution in [-0.2, 0) is 9.59 Å². The molecule has 6 heteroatoms. The zero-order valence-electron chi connectivity index (χ0n) is 16.1. The van der Waals surface area contributed by atoms with Gasteiger partial charge < -0.3 is 15.5 Å². The second kappa shape index (κ2) is 9.60. The number of benzene rings is 2. The molecule has 0 radical (unpaired) electrons. The van der Waals surface area contributed by atoms with Crippen LogP contribution in [0.3, 0.4) is 0 Å². The summed E-state index contributed by atoms with van der Waals surface area (Å²) in [5.74, 6) is -0.329. The molecule has 0 bridgehead atoms. The van der Waals surface area contributed by atoms with Gasteiger partial charge in [-0.15, -0.1) is 0 Å². The van der Waals surface area contributed by atoms with Crippen LogP contribution < -0.4 is 15.5 Å². The van der Waals surface area contributed by atoms with Gasteiger partial charge in [-0.05, 0) is 55.2 Å². The normalized spacial score (nSPS) is 15.0. The average Bonchev–Trinajstić information content (AvgIpc) is 2.68.